The second-order valence-electron chi connectivity index (χ2n) is 4.31. The first-order chi connectivity index (χ1) is 6.67. The molecule has 0 bridgehead atoms. The van der Waals surface area contributed by atoms with Gasteiger partial charge in [-0.05, 0) is 0 Å². The fourth-order valence-corrected chi connectivity index (χ4v) is 3.05. The molecular formula is C10H17I2NPt. The van der Waals surface area contributed by atoms with Crippen molar-refractivity contribution in [2.45, 2.75) is 44.6 Å². The van der Waals surface area contributed by atoms with Gasteiger partial charge in [0, 0.05) is 0 Å². The fourth-order valence-electron chi connectivity index (χ4n) is 3.05. The number of hydrogen-bond acceptors (Lipinski definition) is 0. The van der Waals surface area contributed by atoms with E-state index in [0.29, 0.717) is 22.5 Å². The van der Waals surface area contributed by atoms with Crippen LogP contribution in [0.2, 0.25) is 0 Å². The van der Waals surface area contributed by atoms with Gasteiger partial charge in [-0.25, -0.2) is 0 Å². The third kappa shape index (κ3) is 3.07. The Morgan fingerprint density at radius 2 is 1.71 bits per heavy atom. The Morgan fingerprint density at radius 3 is 2.07 bits per heavy atom. The van der Waals surface area contributed by atoms with E-state index in [2.05, 4.69) is 45.6 Å². The summed E-state index contributed by atoms with van der Waals surface area (Å²) in [6.07, 6.45) is 7.58. The van der Waals surface area contributed by atoms with Crippen LogP contribution in [-0.4, -0.2) is 6.04 Å². The third-order valence-electron chi connectivity index (χ3n) is 3.84. The van der Waals surface area contributed by atoms with Crippen molar-refractivity contribution in [3.8, 4) is 0 Å². The van der Waals surface area contributed by atoms with E-state index in [1.807, 2.05) is 0 Å². The monoisotopic (exact) mass is 600 g/mol. The van der Waals surface area contributed by atoms with Gasteiger partial charge in [-0.1, -0.05) is 43.9 Å². The molecule has 2 fully saturated rings. The molecule has 0 radical (unpaired) electrons. The summed E-state index contributed by atoms with van der Waals surface area (Å²) in [5.41, 5.74) is 8.33. The molecule has 0 aliphatic heterocycles. The van der Waals surface area contributed by atoms with Crippen molar-refractivity contribution < 1.29 is 11.2 Å². The van der Waals surface area contributed by atoms with Gasteiger partial charge in [0.2, 0.25) is 0 Å². The van der Waals surface area contributed by atoms with Gasteiger partial charge in [0.05, 0.1) is 0 Å². The van der Waals surface area contributed by atoms with E-state index in [1.165, 1.54) is 32.1 Å². The molecular weight excluding hydrogens is 583 g/mol. The summed E-state index contributed by atoms with van der Waals surface area (Å²) < 4.78 is 0. The van der Waals surface area contributed by atoms with Gasteiger partial charge in [0.15, 0.2) is 0 Å². The van der Waals surface area contributed by atoms with Crippen LogP contribution in [0.15, 0.2) is 0 Å². The van der Waals surface area contributed by atoms with E-state index < -0.39 is 0 Å². The molecule has 0 saturated heterocycles. The van der Waals surface area contributed by atoms with Crippen molar-refractivity contribution in [3.05, 3.63) is 12.7 Å². The van der Waals surface area contributed by atoms with Crippen LogP contribution < -0.4 is 0 Å². The molecule has 0 aromatic rings. The Labute approximate surface area is 117 Å². The predicted octanol–water partition coefficient (Wildman–Crippen LogP) is 4.98. The van der Waals surface area contributed by atoms with Crippen LogP contribution in [0, 0.1) is 18.3 Å². The average molecular weight is 600 g/mol. The minimum absolute atomic E-state index is 0.215. The Balaban J connectivity index is 0.000000293. The maximum atomic E-state index is 7.97. The van der Waals surface area contributed by atoms with Crippen LogP contribution in [-0.2, 0) is 11.2 Å². The second-order valence-corrected chi connectivity index (χ2v) is 20.9. The Kier molecular flexibility index (Phi) is 6.83. The molecule has 2 aliphatic rings. The standard InChI is InChI=1S/C10H17N.2HI.Pt/c1-8-4-2-6-10(8)7-3-5-9(10)11;;;/h8-9,11H,1-7H2;2*1H;/q-2;;;+4/p-2/t8-,9-,10-;;;/m0.../s1. The predicted molar refractivity (Wildman–Crippen MR) is 75.1 cm³/mol. The van der Waals surface area contributed by atoms with E-state index in [1.54, 1.807) is 0 Å². The second kappa shape index (κ2) is 6.75. The first-order valence-electron chi connectivity index (χ1n) is 5.04. The van der Waals surface area contributed by atoms with Crippen LogP contribution in [0.5, 0.6) is 0 Å². The zero-order valence-electron chi connectivity index (χ0n) is 8.18. The Bertz CT molecular complexity index is 160. The Morgan fingerprint density at radius 1 is 1.21 bits per heavy atom. The van der Waals surface area contributed by atoms with E-state index in [9.17, 15) is 0 Å². The summed E-state index contributed by atoms with van der Waals surface area (Å²) >= 11 is 5.30. The van der Waals surface area contributed by atoms with Crippen molar-refractivity contribution in [2.24, 2.45) is 11.3 Å². The van der Waals surface area contributed by atoms with Gasteiger partial charge in [-0.3, -0.25) is 0 Å². The molecule has 3 atom stereocenters. The fraction of sp³-hybridized carbons (Fsp3) is 0.900. The molecule has 0 aromatic heterocycles. The molecule has 0 aromatic carbocycles. The van der Waals surface area contributed by atoms with Crippen LogP contribution >= 0.6 is 38.7 Å². The molecule has 4 heteroatoms. The third-order valence-corrected chi connectivity index (χ3v) is 3.84. The summed E-state index contributed by atoms with van der Waals surface area (Å²) in [6, 6.07) is 0.215. The van der Waals surface area contributed by atoms with Gasteiger partial charge in [-0.15, -0.1) is 6.04 Å². The Hall–Kier alpha value is 2.11. The van der Waals surface area contributed by atoms with Crippen molar-refractivity contribution >= 4 is 38.7 Å². The van der Waals surface area contributed by atoms with Gasteiger partial charge in [0.1, 0.15) is 0 Å². The van der Waals surface area contributed by atoms with Gasteiger partial charge in [-0.2, -0.15) is 5.92 Å². The zero-order chi connectivity index (χ0) is 10.6. The van der Waals surface area contributed by atoms with Crippen molar-refractivity contribution in [2.75, 3.05) is 0 Å². The summed E-state index contributed by atoms with van der Waals surface area (Å²) in [6.45, 7) is 4.20. The molecule has 86 valence electrons. The zero-order valence-corrected chi connectivity index (χ0v) is 14.8. The van der Waals surface area contributed by atoms with E-state index in [0.717, 1.165) is 6.42 Å². The summed E-state index contributed by atoms with van der Waals surface area (Å²) in [5.74, 6) is 0.590. The summed E-state index contributed by atoms with van der Waals surface area (Å²) in [4.78, 5) is 0. The first-order valence-corrected chi connectivity index (χ1v) is 17.9. The van der Waals surface area contributed by atoms with Crippen LogP contribution in [0.4, 0.5) is 0 Å². The minimum atomic E-state index is 0.215. The molecule has 0 unspecified atom stereocenters. The molecule has 0 amide bonds. The van der Waals surface area contributed by atoms with Crippen molar-refractivity contribution in [1.29, 1.82) is 0 Å². The number of rotatable bonds is 0. The van der Waals surface area contributed by atoms with Crippen LogP contribution in [0.1, 0.15) is 38.5 Å². The summed E-state index contributed by atoms with van der Waals surface area (Å²) in [7, 11) is 0. The normalized spacial score (nSPS) is 41.4. The van der Waals surface area contributed by atoms with Crippen molar-refractivity contribution in [3.63, 3.8) is 0 Å². The summed E-state index contributed by atoms with van der Waals surface area (Å²) in [5, 5.41) is 0. The van der Waals surface area contributed by atoms with Crippen LogP contribution in [0.3, 0.4) is 0 Å². The number of hydrogen-bond donors (Lipinski definition) is 0. The number of nitrogens with one attached hydrogen (secondary N) is 1. The van der Waals surface area contributed by atoms with Gasteiger partial charge >= 0.3 is 49.9 Å². The number of halogens is 2. The average Bonchev–Trinajstić information content (AvgIpc) is 2.66. The topological polar surface area (TPSA) is 23.8 Å². The molecule has 1 N–H and O–H groups in total. The molecule has 2 saturated carbocycles. The molecule has 2 rings (SSSR count). The molecule has 0 heterocycles. The van der Waals surface area contributed by atoms with E-state index in [4.69, 9.17) is 5.73 Å². The first kappa shape index (κ1) is 14.2. The molecule has 14 heavy (non-hydrogen) atoms. The molecule has 1 nitrogen and oxygen atoms in total. The van der Waals surface area contributed by atoms with Gasteiger partial charge in [0.25, 0.3) is 0 Å². The molecule has 1 spiro atoms. The SMILES string of the molecule is [CH2-][C@H]1CCC[C@]12CCC[C@@H]2[NH-].[I][Pt+2][I]. The van der Waals surface area contributed by atoms with Crippen LogP contribution in [0.25, 0.3) is 5.73 Å². The van der Waals surface area contributed by atoms with E-state index >= 15 is 0 Å². The van der Waals surface area contributed by atoms with Gasteiger partial charge < -0.3 is 12.7 Å². The molecule has 2 aliphatic carbocycles. The maximum absolute atomic E-state index is 7.97. The van der Waals surface area contributed by atoms with E-state index in [-0.39, 0.29) is 6.04 Å². The van der Waals surface area contributed by atoms with Crippen molar-refractivity contribution in [1.82, 2.24) is 0 Å². The quantitative estimate of drug-likeness (QED) is 0.277.